The summed E-state index contributed by atoms with van der Waals surface area (Å²) in [5.41, 5.74) is 2.34. The summed E-state index contributed by atoms with van der Waals surface area (Å²) in [4.78, 5) is 32.3. The highest BCUT2D eigenvalue weighted by molar-refractivity contribution is 5.94. The van der Waals surface area contributed by atoms with E-state index in [-0.39, 0.29) is 17.2 Å². The fourth-order valence-electron chi connectivity index (χ4n) is 3.12. The van der Waals surface area contributed by atoms with Gasteiger partial charge in [0.1, 0.15) is 5.82 Å². The van der Waals surface area contributed by atoms with Crippen molar-refractivity contribution in [3.05, 3.63) is 65.4 Å². The molecule has 0 saturated heterocycles. The smallest absolute Gasteiger partial charge is 0.337 e. The van der Waals surface area contributed by atoms with Crippen molar-refractivity contribution < 1.29 is 14.7 Å². The Morgan fingerprint density at radius 1 is 1.07 bits per heavy atom. The minimum atomic E-state index is -1.01. The standard InChI is InChI=1S/C22H24N4O3/c1-3-6-18(27)21-24-19(26(25-21)13-4-2)14-15-8-10-16(11-9-15)20-17(22(28)29)7-5-12-23-20/h5,7-12H,3-4,6,13-14H2,1-2H3,(H,28,29). The number of carboxylic acid groups (broad SMARTS) is 1. The summed E-state index contributed by atoms with van der Waals surface area (Å²) in [5, 5.41) is 13.7. The molecule has 0 bridgehead atoms. The van der Waals surface area contributed by atoms with Gasteiger partial charge in [-0.1, -0.05) is 38.1 Å². The zero-order chi connectivity index (χ0) is 20.8. The van der Waals surface area contributed by atoms with Crippen molar-refractivity contribution in [2.24, 2.45) is 0 Å². The number of hydrogen-bond acceptors (Lipinski definition) is 5. The molecule has 0 aliphatic heterocycles. The van der Waals surface area contributed by atoms with Gasteiger partial charge in [0.2, 0.25) is 11.6 Å². The van der Waals surface area contributed by atoms with E-state index < -0.39 is 5.97 Å². The number of nitrogens with zero attached hydrogens (tertiary/aromatic N) is 4. The summed E-state index contributed by atoms with van der Waals surface area (Å²) in [6.45, 7) is 4.72. The molecule has 29 heavy (non-hydrogen) atoms. The van der Waals surface area contributed by atoms with Crippen LogP contribution >= 0.6 is 0 Å². The largest absolute Gasteiger partial charge is 0.478 e. The molecular weight excluding hydrogens is 368 g/mol. The number of hydrogen-bond donors (Lipinski definition) is 1. The van der Waals surface area contributed by atoms with Crippen LogP contribution in [0.5, 0.6) is 0 Å². The predicted octanol–water partition coefficient (Wildman–Crippen LogP) is 4.02. The fourth-order valence-corrected chi connectivity index (χ4v) is 3.12. The number of carbonyl (C=O) groups is 2. The van der Waals surface area contributed by atoms with Crippen LogP contribution in [0.3, 0.4) is 0 Å². The lowest BCUT2D eigenvalue weighted by Crippen LogP contribution is -2.06. The van der Waals surface area contributed by atoms with Crippen LogP contribution in [0, 0.1) is 0 Å². The van der Waals surface area contributed by atoms with Crippen LogP contribution in [0.4, 0.5) is 0 Å². The van der Waals surface area contributed by atoms with Crippen molar-refractivity contribution in [2.75, 3.05) is 0 Å². The number of benzene rings is 1. The van der Waals surface area contributed by atoms with Crippen LogP contribution in [0.1, 0.15) is 65.5 Å². The number of Topliss-reactive ketones (excluding diaryl/α,β-unsaturated/α-hetero) is 1. The molecule has 2 heterocycles. The van der Waals surface area contributed by atoms with Gasteiger partial charge in [0, 0.05) is 31.1 Å². The van der Waals surface area contributed by atoms with Crippen molar-refractivity contribution >= 4 is 11.8 Å². The van der Waals surface area contributed by atoms with Crippen LogP contribution in [-0.4, -0.2) is 36.6 Å². The SMILES string of the molecule is CCCC(=O)c1nc(Cc2ccc(-c3ncccc3C(=O)O)cc2)n(CCC)n1. The minimum Gasteiger partial charge on any atom is -0.478 e. The number of carboxylic acids is 1. The maximum Gasteiger partial charge on any atom is 0.337 e. The average molecular weight is 392 g/mol. The van der Waals surface area contributed by atoms with Gasteiger partial charge in [0.05, 0.1) is 11.3 Å². The van der Waals surface area contributed by atoms with E-state index in [1.54, 1.807) is 23.0 Å². The zero-order valence-electron chi connectivity index (χ0n) is 16.6. The number of ketones is 1. The Balaban J connectivity index is 1.85. The number of aryl methyl sites for hydroxylation is 1. The molecule has 0 atom stereocenters. The van der Waals surface area contributed by atoms with E-state index in [9.17, 15) is 14.7 Å². The molecule has 0 amide bonds. The Bertz CT molecular complexity index is 1010. The summed E-state index contributed by atoms with van der Waals surface area (Å²) < 4.78 is 1.80. The molecule has 1 aromatic carbocycles. The molecule has 7 heteroatoms. The van der Waals surface area contributed by atoms with Crippen LogP contribution in [0.2, 0.25) is 0 Å². The number of aromatic carboxylic acids is 1. The molecule has 0 radical (unpaired) electrons. The van der Waals surface area contributed by atoms with Gasteiger partial charge >= 0.3 is 5.97 Å². The molecule has 0 unspecified atom stereocenters. The van der Waals surface area contributed by atoms with Gasteiger partial charge in [-0.05, 0) is 30.5 Å². The number of aromatic nitrogens is 4. The quantitative estimate of drug-likeness (QED) is 0.552. The topological polar surface area (TPSA) is 98.0 Å². The highest BCUT2D eigenvalue weighted by atomic mass is 16.4. The molecule has 0 spiro atoms. The number of rotatable bonds is 9. The average Bonchev–Trinajstić information content (AvgIpc) is 3.12. The van der Waals surface area contributed by atoms with E-state index >= 15 is 0 Å². The monoisotopic (exact) mass is 392 g/mol. The lowest BCUT2D eigenvalue weighted by molar-refractivity contribution is 0.0697. The van der Waals surface area contributed by atoms with E-state index in [1.807, 2.05) is 31.2 Å². The number of carbonyl (C=O) groups excluding carboxylic acids is 1. The van der Waals surface area contributed by atoms with Crippen molar-refractivity contribution in [1.29, 1.82) is 0 Å². The molecule has 0 aliphatic carbocycles. The molecular formula is C22H24N4O3. The molecule has 150 valence electrons. The Labute approximate surface area is 169 Å². The fraction of sp³-hybridized carbons (Fsp3) is 0.318. The molecule has 7 nitrogen and oxygen atoms in total. The van der Waals surface area contributed by atoms with Crippen LogP contribution < -0.4 is 0 Å². The Morgan fingerprint density at radius 3 is 2.48 bits per heavy atom. The first-order valence-corrected chi connectivity index (χ1v) is 9.78. The van der Waals surface area contributed by atoms with Gasteiger partial charge in [0.25, 0.3) is 0 Å². The summed E-state index contributed by atoms with van der Waals surface area (Å²) in [6.07, 6.45) is 4.23. The van der Waals surface area contributed by atoms with E-state index in [1.165, 1.54) is 0 Å². The van der Waals surface area contributed by atoms with Crippen LogP contribution in [0.15, 0.2) is 42.6 Å². The molecule has 0 fully saturated rings. The highest BCUT2D eigenvalue weighted by Gasteiger charge is 2.16. The van der Waals surface area contributed by atoms with E-state index in [0.29, 0.717) is 25.1 Å². The van der Waals surface area contributed by atoms with Gasteiger partial charge in [-0.25, -0.2) is 14.5 Å². The molecule has 0 saturated carbocycles. The maximum absolute atomic E-state index is 12.2. The Morgan fingerprint density at radius 2 is 1.83 bits per heavy atom. The van der Waals surface area contributed by atoms with Crippen molar-refractivity contribution in [3.8, 4) is 11.3 Å². The maximum atomic E-state index is 12.2. The second-order valence-corrected chi connectivity index (χ2v) is 6.83. The van der Waals surface area contributed by atoms with E-state index in [0.717, 1.165) is 29.8 Å². The number of pyridine rings is 1. The Hall–Kier alpha value is -3.35. The summed E-state index contributed by atoms with van der Waals surface area (Å²) >= 11 is 0. The first-order valence-electron chi connectivity index (χ1n) is 9.78. The third kappa shape index (κ3) is 4.74. The van der Waals surface area contributed by atoms with Gasteiger partial charge in [-0.3, -0.25) is 9.78 Å². The van der Waals surface area contributed by atoms with Gasteiger partial charge < -0.3 is 5.11 Å². The molecule has 1 N–H and O–H groups in total. The highest BCUT2D eigenvalue weighted by Crippen LogP contribution is 2.22. The van der Waals surface area contributed by atoms with Crippen molar-refractivity contribution in [2.45, 2.75) is 46.1 Å². The van der Waals surface area contributed by atoms with Gasteiger partial charge in [-0.2, -0.15) is 0 Å². The van der Waals surface area contributed by atoms with E-state index in [4.69, 9.17) is 0 Å². The van der Waals surface area contributed by atoms with E-state index in [2.05, 4.69) is 22.0 Å². The predicted molar refractivity (Wildman–Crippen MR) is 109 cm³/mol. The summed E-state index contributed by atoms with van der Waals surface area (Å²) in [6, 6.07) is 10.7. The normalized spacial score (nSPS) is 10.8. The van der Waals surface area contributed by atoms with Gasteiger partial charge in [-0.15, -0.1) is 5.10 Å². The summed E-state index contributed by atoms with van der Waals surface area (Å²) in [5.74, 6) is -0.000886. The second-order valence-electron chi connectivity index (χ2n) is 6.83. The first-order chi connectivity index (χ1) is 14.0. The second kappa shape index (κ2) is 9.23. The first kappa shape index (κ1) is 20.4. The summed E-state index contributed by atoms with van der Waals surface area (Å²) in [7, 11) is 0. The molecule has 3 aromatic rings. The molecule has 2 aromatic heterocycles. The lowest BCUT2D eigenvalue weighted by atomic mass is 10.0. The third-order valence-corrected chi connectivity index (χ3v) is 4.54. The van der Waals surface area contributed by atoms with Crippen molar-refractivity contribution in [1.82, 2.24) is 19.7 Å². The molecule has 3 rings (SSSR count). The molecule has 0 aliphatic rings. The third-order valence-electron chi connectivity index (χ3n) is 4.54. The minimum absolute atomic E-state index is 0.0321. The lowest BCUT2D eigenvalue weighted by Gasteiger charge is -2.07. The zero-order valence-corrected chi connectivity index (χ0v) is 16.6. The van der Waals surface area contributed by atoms with Crippen LogP contribution in [-0.2, 0) is 13.0 Å². The van der Waals surface area contributed by atoms with Crippen LogP contribution in [0.25, 0.3) is 11.3 Å². The Kier molecular flexibility index (Phi) is 6.49. The van der Waals surface area contributed by atoms with Gasteiger partial charge in [0.15, 0.2) is 0 Å². The van der Waals surface area contributed by atoms with Crippen molar-refractivity contribution in [3.63, 3.8) is 0 Å².